The predicted molar refractivity (Wildman–Crippen MR) is 87.9 cm³/mol. The first-order valence-electron chi connectivity index (χ1n) is 7.87. The molecule has 5 nitrogen and oxygen atoms in total. The van der Waals surface area contributed by atoms with E-state index in [0.29, 0.717) is 50.4 Å². The topological polar surface area (TPSA) is 66.8 Å². The number of ether oxygens (including phenoxy) is 1. The van der Waals surface area contributed by atoms with E-state index < -0.39 is 5.97 Å². The highest BCUT2D eigenvalue weighted by molar-refractivity contribution is 6.31. The van der Waals surface area contributed by atoms with E-state index in [1.165, 1.54) is 0 Å². The summed E-state index contributed by atoms with van der Waals surface area (Å²) in [6.45, 7) is 3.46. The van der Waals surface area contributed by atoms with Crippen LogP contribution in [0.1, 0.15) is 31.2 Å². The summed E-state index contributed by atoms with van der Waals surface area (Å²) in [5.41, 5.74) is 0.960. The van der Waals surface area contributed by atoms with E-state index in [2.05, 4.69) is 0 Å². The first-order valence-corrected chi connectivity index (χ1v) is 8.24. The third-order valence-corrected chi connectivity index (χ3v) is 4.55. The van der Waals surface area contributed by atoms with Crippen molar-refractivity contribution in [2.75, 3.05) is 19.7 Å². The Balaban J connectivity index is 1.67. The number of carboxylic acid groups (broad SMARTS) is 1. The zero-order chi connectivity index (χ0) is 16.8. The normalized spacial score (nSPS) is 15.5. The zero-order valence-electron chi connectivity index (χ0n) is 13.3. The van der Waals surface area contributed by atoms with Crippen LogP contribution in [-0.4, -0.2) is 41.6 Å². The lowest BCUT2D eigenvalue weighted by Crippen LogP contribution is -2.40. The molecule has 1 aliphatic rings. The molecule has 1 N–H and O–H groups in total. The van der Waals surface area contributed by atoms with Gasteiger partial charge in [0.1, 0.15) is 5.75 Å². The summed E-state index contributed by atoms with van der Waals surface area (Å²) in [5.74, 6) is -0.245. The molecule has 1 aromatic carbocycles. The third-order valence-electron chi connectivity index (χ3n) is 4.13. The molecule has 0 aliphatic carbocycles. The first kappa shape index (κ1) is 17.6. The Hall–Kier alpha value is -1.75. The standard InChI is InChI=1S/C17H22ClNO4/c1-12-11-14(4-5-15(12)18)23-10-2-3-16(20)19-8-6-13(7-9-19)17(21)22/h4-5,11,13H,2-3,6-10H2,1H3,(H,21,22). The van der Waals surface area contributed by atoms with Crippen molar-refractivity contribution in [3.05, 3.63) is 28.8 Å². The summed E-state index contributed by atoms with van der Waals surface area (Å²) in [4.78, 5) is 24.7. The molecule has 126 valence electrons. The van der Waals surface area contributed by atoms with Crippen molar-refractivity contribution in [1.82, 2.24) is 4.90 Å². The molecule has 1 heterocycles. The summed E-state index contributed by atoms with van der Waals surface area (Å²) in [6, 6.07) is 5.48. The maximum Gasteiger partial charge on any atom is 0.306 e. The average Bonchev–Trinajstić information content (AvgIpc) is 2.54. The van der Waals surface area contributed by atoms with E-state index in [4.69, 9.17) is 21.4 Å². The largest absolute Gasteiger partial charge is 0.494 e. The quantitative estimate of drug-likeness (QED) is 0.808. The molecule has 1 fully saturated rings. The molecule has 23 heavy (non-hydrogen) atoms. The summed E-state index contributed by atoms with van der Waals surface area (Å²) < 4.78 is 5.62. The van der Waals surface area contributed by atoms with Gasteiger partial charge in [0.05, 0.1) is 12.5 Å². The molecule has 2 rings (SSSR count). The van der Waals surface area contributed by atoms with Crippen molar-refractivity contribution in [2.45, 2.75) is 32.6 Å². The lowest BCUT2D eigenvalue weighted by Gasteiger charge is -2.30. The van der Waals surface area contributed by atoms with Gasteiger partial charge in [-0.25, -0.2) is 0 Å². The minimum atomic E-state index is -0.760. The molecular weight excluding hydrogens is 318 g/mol. The number of carbonyl (C=O) groups is 2. The Labute approximate surface area is 141 Å². The van der Waals surface area contributed by atoms with Gasteiger partial charge in [-0.05, 0) is 49.9 Å². The Kier molecular flexibility index (Phi) is 6.28. The van der Waals surface area contributed by atoms with Gasteiger partial charge in [0.25, 0.3) is 0 Å². The Bertz CT molecular complexity index is 568. The monoisotopic (exact) mass is 339 g/mol. The molecule has 1 aromatic rings. The number of halogens is 1. The SMILES string of the molecule is Cc1cc(OCCCC(=O)N2CCC(C(=O)O)CC2)ccc1Cl. The number of benzene rings is 1. The van der Waals surface area contributed by atoms with Crippen LogP contribution in [0.5, 0.6) is 5.75 Å². The lowest BCUT2D eigenvalue weighted by molar-refractivity contribution is -0.145. The molecule has 0 radical (unpaired) electrons. The van der Waals surface area contributed by atoms with Gasteiger partial charge in [-0.1, -0.05) is 11.6 Å². The van der Waals surface area contributed by atoms with E-state index in [1.54, 1.807) is 11.0 Å². The van der Waals surface area contributed by atoms with Gasteiger partial charge in [0.2, 0.25) is 5.91 Å². The molecule has 0 aromatic heterocycles. The van der Waals surface area contributed by atoms with Gasteiger partial charge >= 0.3 is 5.97 Å². The first-order chi connectivity index (χ1) is 11.0. The van der Waals surface area contributed by atoms with Gasteiger partial charge in [-0.2, -0.15) is 0 Å². The molecule has 0 spiro atoms. The number of amides is 1. The van der Waals surface area contributed by atoms with Crippen molar-refractivity contribution in [2.24, 2.45) is 5.92 Å². The van der Waals surface area contributed by atoms with Crippen LogP contribution in [0.3, 0.4) is 0 Å². The number of carboxylic acids is 1. The van der Waals surface area contributed by atoms with Crippen molar-refractivity contribution >= 4 is 23.5 Å². The van der Waals surface area contributed by atoms with Crippen LogP contribution in [0.15, 0.2) is 18.2 Å². The van der Waals surface area contributed by atoms with Crippen LogP contribution in [0, 0.1) is 12.8 Å². The van der Waals surface area contributed by atoms with Crippen LogP contribution in [0.4, 0.5) is 0 Å². The van der Waals surface area contributed by atoms with Crippen LogP contribution in [0.2, 0.25) is 5.02 Å². The summed E-state index contributed by atoms with van der Waals surface area (Å²) in [6.07, 6.45) is 2.15. The molecule has 6 heteroatoms. The van der Waals surface area contributed by atoms with Crippen molar-refractivity contribution < 1.29 is 19.4 Å². The van der Waals surface area contributed by atoms with Gasteiger partial charge in [0, 0.05) is 24.5 Å². The second-order valence-electron chi connectivity index (χ2n) is 5.86. The third kappa shape index (κ3) is 5.13. The average molecular weight is 340 g/mol. The maximum absolute atomic E-state index is 12.1. The van der Waals surface area contributed by atoms with Gasteiger partial charge in [-0.3, -0.25) is 9.59 Å². The minimum absolute atomic E-state index is 0.0738. The molecule has 1 aliphatic heterocycles. The fourth-order valence-corrected chi connectivity index (χ4v) is 2.77. The van der Waals surface area contributed by atoms with Crippen LogP contribution < -0.4 is 4.74 Å². The number of hydrogen-bond donors (Lipinski definition) is 1. The van der Waals surface area contributed by atoms with Gasteiger partial charge in [-0.15, -0.1) is 0 Å². The summed E-state index contributed by atoms with van der Waals surface area (Å²) in [7, 11) is 0. The number of hydrogen-bond acceptors (Lipinski definition) is 3. The van der Waals surface area contributed by atoms with Crippen LogP contribution in [-0.2, 0) is 9.59 Å². The van der Waals surface area contributed by atoms with Crippen molar-refractivity contribution in [1.29, 1.82) is 0 Å². The molecule has 0 unspecified atom stereocenters. The van der Waals surface area contributed by atoms with E-state index in [-0.39, 0.29) is 11.8 Å². The summed E-state index contributed by atoms with van der Waals surface area (Å²) >= 11 is 5.96. The maximum atomic E-state index is 12.1. The van der Waals surface area contributed by atoms with E-state index >= 15 is 0 Å². The van der Waals surface area contributed by atoms with E-state index in [1.807, 2.05) is 19.1 Å². The van der Waals surface area contributed by atoms with Crippen LogP contribution in [0.25, 0.3) is 0 Å². The zero-order valence-corrected chi connectivity index (χ0v) is 14.0. The molecule has 1 saturated heterocycles. The summed E-state index contributed by atoms with van der Waals surface area (Å²) in [5, 5.41) is 9.66. The Morgan fingerprint density at radius 1 is 1.35 bits per heavy atom. The highest BCUT2D eigenvalue weighted by atomic mass is 35.5. The highest BCUT2D eigenvalue weighted by Crippen LogP contribution is 2.21. The van der Waals surface area contributed by atoms with Gasteiger partial charge in [0.15, 0.2) is 0 Å². The van der Waals surface area contributed by atoms with E-state index in [0.717, 1.165) is 11.3 Å². The second-order valence-corrected chi connectivity index (χ2v) is 6.26. The fraction of sp³-hybridized carbons (Fsp3) is 0.529. The lowest BCUT2D eigenvalue weighted by atomic mass is 9.97. The molecular formula is C17H22ClNO4. The molecule has 0 atom stereocenters. The molecule has 1 amide bonds. The van der Waals surface area contributed by atoms with Gasteiger partial charge < -0.3 is 14.7 Å². The van der Waals surface area contributed by atoms with E-state index in [9.17, 15) is 9.59 Å². The smallest absolute Gasteiger partial charge is 0.306 e. The second kappa shape index (κ2) is 8.20. The number of nitrogens with zero attached hydrogens (tertiary/aromatic N) is 1. The van der Waals surface area contributed by atoms with Crippen molar-refractivity contribution in [3.8, 4) is 5.75 Å². The number of aryl methyl sites for hydroxylation is 1. The number of piperidine rings is 1. The van der Waals surface area contributed by atoms with Crippen LogP contribution >= 0.6 is 11.6 Å². The highest BCUT2D eigenvalue weighted by Gasteiger charge is 2.26. The molecule has 0 saturated carbocycles. The number of rotatable bonds is 6. The fourth-order valence-electron chi connectivity index (χ4n) is 2.65. The Morgan fingerprint density at radius 2 is 2.04 bits per heavy atom. The number of likely N-dealkylation sites (tertiary alicyclic amines) is 1. The molecule has 0 bridgehead atoms. The number of carbonyl (C=O) groups excluding carboxylic acids is 1. The predicted octanol–water partition coefficient (Wildman–Crippen LogP) is 3.13. The Morgan fingerprint density at radius 3 is 2.65 bits per heavy atom. The minimum Gasteiger partial charge on any atom is -0.494 e. The van der Waals surface area contributed by atoms with Crippen molar-refractivity contribution in [3.63, 3.8) is 0 Å². The number of aliphatic carboxylic acids is 1.